The molecule has 1 saturated heterocycles. The molecule has 144 valence electrons. The van der Waals surface area contributed by atoms with Gasteiger partial charge in [-0.25, -0.2) is 0 Å². The van der Waals surface area contributed by atoms with E-state index in [1.165, 1.54) is 42.4 Å². The molecule has 2 heterocycles. The molecule has 0 saturated carbocycles. The summed E-state index contributed by atoms with van der Waals surface area (Å²) in [5.74, 6) is 1.34. The molecule has 1 fully saturated rings. The number of hydrogen-bond acceptors (Lipinski definition) is 3. The van der Waals surface area contributed by atoms with E-state index in [0.717, 1.165) is 17.8 Å². The molecule has 0 amide bonds. The topological polar surface area (TPSA) is 25.4 Å². The van der Waals surface area contributed by atoms with Gasteiger partial charge >= 0.3 is 0 Å². The van der Waals surface area contributed by atoms with Gasteiger partial charge in [0.15, 0.2) is 0 Å². The lowest BCUT2D eigenvalue weighted by molar-refractivity contribution is 0.127. The summed E-state index contributed by atoms with van der Waals surface area (Å²) >= 11 is 0. The molecule has 1 aromatic heterocycles. The van der Waals surface area contributed by atoms with E-state index < -0.39 is 0 Å². The lowest BCUT2D eigenvalue weighted by Crippen LogP contribution is -2.36. The molecule has 3 heteroatoms. The van der Waals surface area contributed by atoms with E-state index in [1.807, 2.05) is 20.0 Å². The molecule has 0 spiro atoms. The van der Waals surface area contributed by atoms with Crippen LogP contribution >= 0.6 is 0 Å². The lowest BCUT2D eigenvalue weighted by atomic mass is 9.82. The number of ether oxygens (including phenoxy) is 1. The largest absolute Gasteiger partial charge is 0.496 e. The Bertz CT molecular complexity index is 711. The minimum absolute atomic E-state index is 0.391. The zero-order chi connectivity index (χ0) is 19.3. The van der Waals surface area contributed by atoms with Crippen LogP contribution in [0, 0.1) is 5.41 Å². The van der Waals surface area contributed by atoms with E-state index in [0.29, 0.717) is 11.3 Å². The van der Waals surface area contributed by atoms with Crippen LogP contribution in [0.5, 0.6) is 5.75 Å². The molecular weight excluding hydrogens is 320 g/mol. The van der Waals surface area contributed by atoms with Crippen LogP contribution < -0.4 is 4.74 Å². The van der Waals surface area contributed by atoms with E-state index in [9.17, 15) is 0 Å². The van der Waals surface area contributed by atoms with Crippen molar-refractivity contribution in [2.75, 3.05) is 20.2 Å². The van der Waals surface area contributed by atoms with Gasteiger partial charge in [0.1, 0.15) is 5.75 Å². The van der Waals surface area contributed by atoms with Crippen molar-refractivity contribution in [3.8, 4) is 5.75 Å². The van der Waals surface area contributed by atoms with Crippen molar-refractivity contribution in [1.29, 1.82) is 0 Å². The zero-order valence-electron chi connectivity index (χ0n) is 17.7. The highest BCUT2D eigenvalue weighted by Crippen LogP contribution is 2.35. The predicted molar refractivity (Wildman–Crippen MR) is 112 cm³/mol. The van der Waals surface area contributed by atoms with Crippen molar-refractivity contribution in [1.82, 2.24) is 9.88 Å². The van der Waals surface area contributed by atoms with Crippen LogP contribution in [-0.4, -0.2) is 30.1 Å². The summed E-state index contributed by atoms with van der Waals surface area (Å²) in [6, 6.07) is 6.46. The van der Waals surface area contributed by atoms with Gasteiger partial charge in [0.05, 0.1) is 12.6 Å². The van der Waals surface area contributed by atoms with Gasteiger partial charge in [0.2, 0.25) is 0 Å². The van der Waals surface area contributed by atoms with Gasteiger partial charge in [0.25, 0.3) is 0 Å². The first-order valence-corrected chi connectivity index (χ1v) is 10.1. The summed E-state index contributed by atoms with van der Waals surface area (Å²) in [6.45, 7) is 16.6. The maximum Gasteiger partial charge on any atom is 0.124 e. The summed E-state index contributed by atoms with van der Waals surface area (Å²) in [5.41, 5.74) is 4.19. The Morgan fingerprint density at radius 3 is 2.35 bits per heavy atom. The predicted octanol–water partition coefficient (Wildman–Crippen LogP) is 6.02. The maximum atomic E-state index is 5.58. The third kappa shape index (κ3) is 4.56. The number of aromatic nitrogens is 1. The maximum absolute atomic E-state index is 5.58. The summed E-state index contributed by atoms with van der Waals surface area (Å²) in [6.07, 6.45) is 4.51. The molecule has 26 heavy (non-hydrogen) atoms. The Kier molecular flexibility index (Phi) is 7.05. The Labute approximate surface area is 159 Å². The third-order valence-electron chi connectivity index (χ3n) is 5.40. The molecule has 0 atom stereocenters. The molecule has 3 nitrogen and oxygen atoms in total. The fourth-order valence-electron chi connectivity index (χ4n) is 3.71. The standard InChI is InChI=1S/C21H30N2O.C2H6/c1-15(2)19-18(24-5)7-6-17-16(8-11-22-20(17)19)14-23-12-9-21(3,4)10-13-23;1-2/h6-8,11,15H,9-10,12-14H2,1-5H3;1-2H3. The summed E-state index contributed by atoms with van der Waals surface area (Å²) in [5, 5.41) is 1.27. The SMILES string of the molecule is CC.COc1ccc2c(CN3CCC(C)(C)CC3)ccnc2c1C(C)C. The highest BCUT2D eigenvalue weighted by molar-refractivity contribution is 5.87. The van der Waals surface area contributed by atoms with Crippen molar-refractivity contribution in [3.63, 3.8) is 0 Å². The summed E-state index contributed by atoms with van der Waals surface area (Å²) < 4.78 is 5.58. The monoisotopic (exact) mass is 356 g/mol. The van der Waals surface area contributed by atoms with E-state index in [1.54, 1.807) is 7.11 Å². The summed E-state index contributed by atoms with van der Waals surface area (Å²) in [4.78, 5) is 7.27. The highest BCUT2D eigenvalue weighted by Gasteiger charge is 2.25. The summed E-state index contributed by atoms with van der Waals surface area (Å²) in [7, 11) is 1.74. The van der Waals surface area contributed by atoms with Crippen LogP contribution in [0.1, 0.15) is 71.4 Å². The Morgan fingerprint density at radius 2 is 1.77 bits per heavy atom. The molecule has 0 aliphatic carbocycles. The van der Waals surface area contributed by atoms with Crippen LogP contribution in [0.3, 0.4) is 0 Å². The molecule has 0 radical (unpaired) electrons. The Balaban J connectivity index is 0.00000117. The smallest absolute Gasteiger partial charge is 0.124 e. The first kappa shape index (κ1) is 20.7. The molecule has 0 unspecified atom stereocenters. The van der Waals surface area contributed by atoms with Crippen LogP contribution in [0.25, 0.3) is 10.9 Å². The molecule has 1 aliphatic heterocycles. The van der Waals surface area contributed by atoms with Gasteiger partial charge in [-0.05, 0) is 61.0 Å². The Morgan fingerprint density at radius 1 is 1.12 bits per heavy atom. The highest BCUT2D eigenvalue weighted by atomic mass is 16.5. The number of fused-ring (bicyclic) bond motifs is 1. The molecule has 0 bridgehead atoms. The first-order chi connectivity index (χ1) is 12.4. The van der Waals surface area contributed by atoms with E-state index >= 15 is 0 Å². The fourth-order valence-corrected chi connectivity index (χ4v) is 3.71. The molecule has 1 aromatic carbocycles. The average molecular weight is 357 g/mol. The number of rotatable bonds is 4. The lowest BCUT2D eigenvalue weighted by Gasteiger charge is -2.37. The number of hydrogen-bond donors (Lipinski definition) is 0. The van der Waals surface area contributed by atoms with Gasteiger partial charge in [-0.1, -0.05) is 41.5 Å². The van der Waals surface area contributed by atoms with Crippen molar-refractivity contribution >= 4 is 10.9 Å². The minimum Gasteiger partial charge on any atom is -0.496 e. The second-order valence-electron chi connectivity index (χ2n) is 8.14. The average Bonchev–Trinajstić information content (AvgIpc) is 2.64. The molecule has 1 aliphatic rings. The van der Waals surface area contributed by atoms with Crippen molar-refractivity contribution < 1.29 is 4.74 Å². The molecular formula is C23H36N2O. The third-order valence-corrected chi connectivity index (χ3v) is 5.40. The van der Waals surface area contributed by atoms with E-state index in [4.69, 9.17) is 4.74 Å². The normalized spacial score (nSPS) is 17.1. The fraction of sp³-hybridized carbons (Fsp3) is 0.609. The van der Waals surface area contributed by atoms with Crippen molar-refractivity contribution in [2.24, 2.45) is 5.41 Å². The van der Waals surface area contributed by atoms with Crippen LogP contribution in [0.15, 0.2) is 24.4 Å². The van der Waals surface area contributed by atoms with Crippen molar-refractivity contribution in [2.45, 2.75) is 66.8 Å². The second kappa shape index (κ2) is 8.85. The van der Waals surface area contributed by atoms with Crippen LogP contribution in [0.4, 0.5) is 0 Å². The van der Waals surface area contributed by atoms with Gasteiger partial charge in [-0.3, -0.25) is 9.88 Å². The molecule has 2 aromatic rings. The van der Waals surface area contributed by atoms with Crippen molar-refractivity contribution in [3.05, 3.63) is 35.5 Å². The Hall–Kier alpha value is -1.61. The van der Waals surface area contributed by atoms with Crippen LogP contribution in [0.2, 0.25) is 0 Å². The van der Waals surface area contributed by atoms with Crippen LogP contribution in [-0.2, 0) is 6.54 Å². The second-order valence-corrected chi connectivity index (χ2v) is 8.14. The molecule has 0 N–H and O–H groups in total. The molecule has 3 rings (SSSR count). The van der Waals surface area contributed by atoms with E-state index in [2.05, 4.69) is 55.8 Å². The number of benzene rings is 1. The number of nitrogens with zero attached hydrogens (tertiary/aromatic N) is 2. The quantitative estimate of drug-likeness (QED) is 0.670. The zero-order valence-corrected chi connectivity index (χ0v) is 17.7. The number of piperidine rings is 1. The minimum atomic E-state index is 0.391. The number of methoxy groups -OCH3 is 1. The number of pyridine rings is 1. The first-order valence-electron chi connectivity index (χ1n) is 10.1. The van der Waals surface area contributed by atoms with E-state index in [-0.39, 0.29) is 0 Å². The van der Waals surface area contributed by atoms with Gasteiger partial charge < -0.3 is 4.74 Å². The van der Waals surface area contributed by atoms with Gasteiger partial charge in [-0.15, -0.1) is 0 Å². The van der Waals surface area contributed by atoms with Gasteiger partial charge in [0, 0.05) is 23.7 Å². The van der Waals surface area contributed by atoms with Gasteiger partial charge in [-0.2, -0.15) is 0 Å². The number of likely N-dealkylation sites (tertiary alicyclic amines) is 1.